The molecule has 0 atom stereocenters. The van der Waals surface area contributed by atoms with Crippen molar-refractivity contribution in [2.24, 2.45) is 5.92 Å². The number of fused-ring (bicyclic) bond motifs is 1. The highest BCUT2D eigenvalue weighted by Crippen LogP contribution is 2.31. The summed E-state index contributed by atoms with van der Waals surface area (Å²) in [6.45, 7) is 4.69. The van der Waals surface area contributed by atoms with Crippen LogP contribution in [0.25, 0.3) is 10.9 Å². The van der Waals surface area contributed by atoms with Gasteiger partial charge in [-0.05, 0) is 42.7 Å². The number of benzene rings is 2. The molecule has 0 aliphatic heterocycles. The molecule has 1 amide bonds. The van der Waals surface area contributed by atoms with Crippen molar-refractivity contribution in [1.29, 1.82) is 0 Å². The smallest absolute Gasteiger partial charge is 0.352 e. The third-order valence-corrected chi connectivity index (χ3v) is 4.43. The van der Waals surface area contributed by atoms with Gasteiger partial charge in [0, 0.05) is 17.6 Å². The van der Waals surface area contributed by atoms with Crippen molar-refractivity contribution in [3.05, 3.63) is 65.7 Å². The molecule has 0 aliphatic carbocycles. The number of pyridine rings is 1. The van der Waals surface area contributed by atoms with Gasteiger partial charge >= 0.3 is 6.18 Å². The molecule has 0 aliphatic rings. The maximum Gasteiger partial charge on any atom is 0.416 e. The number of para-hydroxylation sites is 1. The molecule has 2 aromatic carbocycles. The minimum absolute atomic E-state index is 0.239. The zero-order chi connectivity index (χ0) is 21.0. The number of hydrogen-bond acceptors (Lipinski definition) is 3. The van der Waals surface area contributed by atoms with E-state index in [0.29, 0.717) is 34.7 Å². The summed E-state index contributed by atoms with van der Waals surface area (Å²) in [6.07, 6.45) is -3.58. The van der Waals surface area contributed by atoms with E-state index in [1.807, 2.05) is 6.07 Å². The number of carbonyl (C=O) groups excluding carboxylic acids is 1. The van der Waals surface area contributed by atoms with Crippen molar-refractivity contribution in [3.8, 4) is 0 Å². The predicted octanol–water partition coefficient (Wildman–Crippen LogP) is 5.77. The summed E-state index contributed by atoms with van der Waals surface area (Å²) in [6, 6.07) is 13.6. The second-order valence-electron chi connectivity index (χ2n) is 7.21. The van der Waals surface area contributed by atoms with Gasteiger partial charge < -0.3 is 10.6 Å². The first-order valence-corrected chi connectivity index (χ1v) is 9.36. The van der Waals surface area contributed by atoms with Crippen molar-refractivity contribution < 1.29 is 18.0 Å². The van der Waals surface area contributed by atoms with Crippen molar-refractivity contribution >= 4 is 28.3 Å². The number of alkyl halides is 3. The maximum atomic E-state index is 13.0. The van der Waals surface area contributed by atoms with Crippen LogP contribution in [-0.4, -0.2) is 17.4 Å². The lowest BCUT2D eigenvalue weighted by Crippen LogP contribution is -2.25. The fourth-order valence-electron chi connectivity index (χ4n) is 2.92. The third-order valence-electron chi connectivity index (χ3n) is 4.43. The molecular weight excluding hydrogens is 379 g/mol. The molecule has 0 fully saturated rings. The first-order chi connectivity index (χ1) is 13.7. The molecule has 0 radical (unpaired) electrons. The Morgan fingerprint density at radius 1 is 1.07 bits per heavy atom. The molecule has 0 unspecified atom stereocenters. The zero-order valence-corrected chi connectivity index (χ0v) is 16.2. The lowest BCUT2D eigenvalue weighted by molar-refractivity contribution is -0.137. The minimum atomic E-state index is -4.43. The molecule has 29 heavy (non-hydrogen) atoms. The van der Waals surface area contributed by atoms with Crippen LogP contribution in [0.3, 0.4) is 0 Å². The Labute approximate surface area is 167 Å². The highest BCUT2D eigenvalue weighted by atomic mass is 19.4. The van der Waals surface area contributed by atoms with E-state index in [0.717, 1.165) is 18.6 Å². The minimum Gasteiger partial charge on any atom is -0.352 e. The second-order valence-corrected chi connectivity index (χ2v) is 7.21. The number of halogens is 3. The average molecular weight is 401 g/mol. The Kier molecular flexibility index (Phi) is 6.06. The van der Waals surface area contributed by atoms with Crippen LogP contribution in [0.15, 0.2) is 54.6 Å². The fraction of sp³-hybridized carbons (Fsp3) is 0.273. The van der Waals surface area contributed by atoms with Gasteiger partial charge in [-0.1, -0.05) is 38.1 Å². The highest BCUT2D eigenvalue weighted by Gasteiger charge is 2.30. The van der Waals surface area contributed by atoms with Gasteiger partial charge in [0.25, 0.3) is 5.91 Å². The lowest BCUT2D eigenvalue weighted by Gasteiger charge is -2.13. The fourth-order valence-corrected chi connectivity index (χ4v) is 2.92. The largest absolute Gasteiger partial charge is 0.416 e. The number of nitrogens with one attached hydrogen (secondary N) is 2. The molecule has 7 heteroatoms. The number of hydrogen-bond donors (Lipinski definition) is 2. The maximum absolute atomic E-state index is 13.0. The molecule has 3 rings (SSSR count). The summed E-state index contributed by atoms with van der Waals surface area (Å²) in [7, 11) is 0. The normalized spacial score (nSPS) is 11.7. The van der Waals surface area contributed by atoms with E-state index in [-0.39, 0.29) is 11.6 Å². The Bertz CT molecular complexity index is 1020. The quantitative estimate of drug-likeness (QED) is 0.551. The Hall–Kier alpha value is -3.09. The molecule has 152 valence electrons. The third kappa shape index (κ3) is 5.25. The number of nitrogens with zero attached hydrogens (tertiary/aromatic N) is 1. The van der Waals surface area contributed by atoms with Gasteiger partial charge in [-0.25, -0.2) is 4.98 Å². The van der Waals surface area contributed by atoms with Crippen LogP contribution in [0.1, 0.15) is 36.2 Å². The van der Waals surface area contributed by atoms with Crippen LogP contribution < -0.4 is 10.6 Å². The lowest BCUT2D eigenvalue weighted by atomic mass is 10.1. The van der Waals surface area contributed by atoms with Crippen LogP contribution in [0.4, 0.5) is 24.7 Å². The predicted molar refractivity (Wildman–Crippen MR) is 108 cm³/mol. The molecule has 1 heterocycles. The van der Waals surface area contributed by atoms with Crippen LogP contribution in [0.5, 0.6) is 0 Å². The summed E-state index contributed by atoms with van der Waals surface area (Å²) in [4.78, 5) is 17.2. The van der Waals surface area contributed by atoms with Gasteiger partial charge in [-0.2, -0.15) is 13.2 Å². The monoisotopic (exact) mass is 401 g/mol. The zero-order valence-electron chi connectivity index (χ0n) is 16.2. The first-order valence-electron chi connectivity index (χ1n) is 9.36. The van der Waals surface area contributed by atoms with E-state index in [1.54, 1.807) is 24.3 Å². The molecular formula is C22H22F3N3O. The summed E-state index contributed by atoms with van der Waals surface area (Å²) in [5, 5.41) is 6.47. The van der Waals surface area contributed by atoms with E-state index in [9.17, 15) is 18.0 Å². The average Bonchev–Trinajstić information content (AvgIpc) is 2.66. The van der Waals surface area contributed by atoms with Crippen LogP contribution in [0.2, 0.25) is 0 Å². The summed E-state index contributed by atoms with van der Waals surface area (Å²) < 4.78 is 38.9. The molecule has 0 saturated heterocycles. The molecule has 0 spiro atoms. The Balaban J connectivity index is 1.92. The molecule has 3 aromatic rings. The van der Waals surface area contributed by atoms with Gasteiger partial charge in [-0.15, -0.1) is 0 Å². The molecule has 4 nitrogen and oxygen atoms in total. The van der Waals surface area contributed by atoms with Crippen LogP contribution in [0, 0.1) is 5.92 Å². The number of carbonyl (C=O) groups is 1. The van der Waals surface area contributed by atoms with Gasteiger partial charge in [-0.3, -0.25) is 4.79 Å². The van der Waals surface area contributed by atoms with Crippen LogP contribution >= 0.6 is 0 Å². The first kappa shape index (κ1) is 20.6. The van der Waals surface area contributed by atoms with Gasteiger partial charge in [0.05, 0.1) is 16.6 Å². The number of anilines is 2. The number of aromatic nitrogens is 1. The summed E-state index contributed by atoms with van der Waals surface area (Å²) in [5.74, 6) is 0.524. The number of rotatable bonds is 6. The van der Waals surface area contributed by atoms with Crippen molar-refractivity contribution in [2.75, 3.05) is 11.9 Å². The molecule has 1 aromatic heterocycles. The van der Waals surface area contributed by atoms with E-state index >= 15 is 0 Å². The Morgan fingerprint density at radius 3 is 2.55 bits per heavy atom. The van der Waals surface area contributed by atoms with Gasteiger partial charge in [0.15, 0.2) is 0 Å². The van der Waals surface area contributed by atoms with Crippen molar-refractivity contribution in [2.45, 2.75) is 26.4 Å². The SMILES string of the molecule is CC(C)CCNC(=O)c1cc(Nc2cccc(C(F)(F)F)c2)nc2ccccc12. The standard InChI is InChI=1S/C22H22F3N3O/c1-14(2)10-11-26-21(29)18-13-20(28-19-9-4-3-8-17(18)19)27-16-7-5-6-15(12-16)22(23,24)25/h3-9,12-14H,10-11H2,1-2H3,(H,26,29)(H,27,28). The Morgan fingerprint density at radius 2 is 1.83 bits per heavy atom. The van der Waals surface area contributed by atoms with E-state index in [1.165, 1.54) is 12.1 Å². The van der Waals surface area contributed by atoms with Gasteiger partial charge in [0.1, 0.15) is 5.82 Å². The summed E-state index contributed by atoms with van der Waals surface area (Å²) in [5.41, 5.74) is 0.496. The van der Waals surface area contributed by atoms with E-state index in [4.69, 9.17) is 0 Å². The topological polar surface area (TPSA) is 54.0 Å². The van der Waals surface area contributed by atoms with Gasteiger partial charge in [0.2, 0.25) is 0 Å². The molecule has 2 N–H and O–H groups in total. The van der Waals surface area contributed by atoms with Crippen molar-refractivity contribution in [1.82, 2.24) is 10.3 Å². The van der Waals surface area contributed by atoms with E-state index in [2.05, 4.69) is 29.5 Å². The van der Waals surface area contributed by atoms with Crippen molar-refractivity contribution in [3.63, 3.8) is 0 Å². The second kappa shape index (κ2) is 8.51. The van der Waals surface area contributed by atoms with E-state index < -0.39 is 11.7 Å². The highest BCUT2D eigenvalue weighted by molar-refractivity contribution is 6.07. The molecule has 0 saturated carbocycles. The van der Waals surface area contributed by atoms with Crippen LogP contribution in [-0.2, 0) is 6.18 Å². The molecule has 0 bridgehead atoms. The number of amides is 1. The summed E-state index contributed by atoms with van der Waals surface area (Å²) >= 11 is 0.